The van der Waals surface area contributed by atoms with Crippen molar-refractivity contribution in [3.8, 4) is 0 Å². The fourth-order valence-electron chi connectivity index (χ4n) is 2.12. The van der Waals surface area contributed by atoms with Crippen LogP contribution in [0.25, 0.3) is 11.0 Å². The molecule has 21 heavy (non-hydrogen) atoms. The topological polar surface area (TPSA) is 30.2 Å². The van der Waals surface area contributed by atoms with Crippen LogP contribution in [0.2, 0.25) is 5.02 Å². The molecule has 0 radical (unpaired) electrons. The van der Waals surface area contributed by atoms with E-state index in [9.17, 15) is 4.79 Å². The first kappa shape index (κ1) is 14.2. The number of carbonyl (C=O) groups excluding carboxylic acids is 1. The molecular formula is C17H13ClO2S. The Morgan fingerprint density at radius 1 is 1.19 bits per heavy atom. The molecule has 0 bridgehead atoms. The van der Waals surface area contributed by atoms with Gasteiger partial charge in [-0.2, -0.15) is 0 Å². The summed E-state index contributed by atoms with van der Waals surface area (Å²) in [6.07, 6.45) is 0. The van der Waals surface area contributed by atoms with E-state index >= 15 is 0 Å². The predicted octanol–water partition coefficient (Wildman–Crippen LogP) is 5.37. The Hall–Kier alpha value is -1.71. The minimum atomic E-state index is -0.0180. The van der Waals surface area contributed by atoms with Gasteiger partial charge in [0.05, 0.1) is 5.75 Å². The average Bonchev–Trinajstić information content (AvgIpc) is 2.90. The van der Waals surface area contributed by atoms with Crippen LogP contribution in [0.3, 0.4) is 0 Å². The summed E-state index contributed by atoms with van der Waals surface area (Å²) in [5.74, 6) is 0.726. The van der Waals surface area contributed by atoms with Gasteiger partial charge in [0.2, 0.25) is 5.78 Å². The number of thioether (sulfide) groups is 1. The van der Waals surface area contributed by atoms with Crippen LogP contribution in [0.4, 0.5) is 0 Å². The van der Waals surface area contributed by atoms with Gasteiger partial charge in [-0.3, -0.25) is 4.79 Å². The SMILES string of the molecule is Cc1cccc2cc(C(=O)CSc3cccc(Cl)c3)oc12. The molecule has 2 nitrogen and oxygen atoms in total. The average molecular weight is 317 g/mol. The van der Waals surface area contributed by atoms with Crippen molar-refractivity contribution >= 4 is 40.1 Å². The van der Waals surface area contributed by atoms with Crippen LogP contribution in [0.1, 0.15) is 16.1 Å². The first-order valence-corrected chi connectivity index (χ1v) is 7.90. The highest BCUT2D eigenvalue weighted by Crippen LogP contribution is 2.26. The van der Waals surface area contributed by atoms with Gasteiger partial charge in [0.15, 0.2) is 5.76 Å². The van der Waals surface area contributed by atoms with Gasteiger partial charge in [0, 0.05) is 15.3 Å². The van der Waals surface area contributed by atoms with E-state index in [-0.39, 0.29) is 5.78 Å². The molecule has 0 aliphatic carbocycles. The number of hydrogen-bond acceptors (Lipinski definition) is 3. The fraction of sp³-hybridized carbons (Fsp3) is 0.118. The lowest BCUT2D eigenvalue weighted by Crippen LogP contribution is -2.00. The number of aryl methyl sites for hydroxylation is 1. The number of para-hydroxylation sites is 1. The number of ketones is 1. The van der Waals surface area contributed by atoms with E-state index < -0.39 is 0 Å². The van der Waals surface area contributed by atoms with Crippen molar-refractivity contribution in [1.82, 2.24) is 0 Å². The van der Waals surface area contributed by atoms with Gasteiger partial charge >= 0.3 is 0 Å². The molecule has 0 aliphatic rings. The minimum absolute atomic E-state index is 0.0180. The number of furan rings is 1. The van der Waals surface area contributed by atoms with E-state index in [2.05, 4.69) is 0 Å². The van der Waals surface area contributed by atoms with Gasteiger partial charge in [-0.15, -0.1) is 11.8 Å². The van der Waals surface area contributed by atoms with Gasteiger partial charge in [0.1, 0.15) is 5.58 Å². The second-order valence-corrected chi connectivity index (χ2v) is 6.26. The van der Waals surface area contributed by atoms with Crippen LogP contribution in [-0.4, -0.2) is 11.5 Å². The van der Waals surface area contributed by atoms with Crippen molar-refractivity contribution in [2.24, 2.45) is 0 Å². The Bertz CT molecular complexity index is 807. The Morgan fingerprint density at radius 3 is 2.76 bits per heavy atom. The molecule has 2 aromatic carbocycles. The zero-order valence-electron chi connectivity index (χ0n) is 11.4. The summed E-state index contributed by atoms with van der Waals surface area (Å²) in [7, 11) is 0. The first-order chi connectivity index (χ1) is 10.1. The number of rotatable bonds is 4. The summed E-state index contributed by atoms with van der Waals surface area (Å²) in [5.41, 5.74) is 1.82. The number of benzene rings is 2. The standard InChI is InChI=1S/C17H13ClO2S/c1-11-4-2-5-12-8-16(20-17(11)12)15(19)10-21-14-7-3-6-13(18)9-14/h2-9H,10H2,1H3. The van der Waals surface area contributed by atoms with Crippen molar-refractivity contribution in [3.63, 3.8) is 0 Å². The smallest absolute Gasteiger partial charge is 0.208 e. The van der Waals surface area contributed by atoms with Crippen molar-refractivity contribution in [2.45, 2.75) is 11.8 Å². The molecule has 1 heterocycles. The summed E-state index contributed by atoms with van der Waals surface area (Å²) < 4.78 is 5.68. The van der Waals surface area contributed by atoms with Gasteiger partial charge < -0.3 is 4.42 Å². The number of halogens is 1. The van der Waals surface area contributed by atoms with Crippen LogP contribution < -0.4 is 0 Å². The molecule has 0 atom stereocenters. The number of hydrogen-bond donors (Lipinski definition) is 0. The molecule has 3 aromatic rings. The zero-order chi connectivity index (χ0) is 14.8. The minimum Gasteiger partial charge on any atom is -0.453 e. The van der Waals surface area contributed by atoms with E-state index in [0.29, 0.717) is 16.5 Å². The maximum atomic E-state index is 12.2. The van der Waals surface area contributed by atoms with Crippen molar-refractivity contribution in [1.29, 1.82) is 0 Å². The second-order valence-electron chi connectivity index (χ2n) is 4.77. The quantitative estimate of drug-likeness (QED) is 0.479. The number of fused-ring (bicyclic) bond motifs is 1. The highest BCUT2D eigenvalue weighted by Gasteiger charge is 2.13. The lowest BCUT2D eigenvalue weighted by molar-refractivity contribution is 0.0994. The molecule has 0 N–H and O–H groups in total. The molecule has 0 fully saturated rings. The van der Waals surface area contributed by atoms with Gasteiger partial charge in [-0.25, -0.2) is 0 Å². The highest BCUT2D eigenvalue weighted by atomic mass is 35.5. The summed E-state index contributed by atoms with van der Waals surface area (Å²) in [6, 6.07) is 15.2. The van der Waals surface area contributed by atoms with Crippen LogP contribution in [-0.2, 0) is 0 Å². The summed E-state index contributed by atoms with van der Waals surface area (Å²) in [5, 5.41) is 1.64. The highest BCUT2D eigenvalue weighted by molar-refractivity contribution is 8.00. The van der Waals surface area contributed by atoms with E-state index in [1.807, 2.05) is 55.5 Å². The maximum Gasteiger partial charge on any atom is 0.208 e. The van der Waals surface area contributed by atoms with E-state index in [4.69, 9.17) is 16.0 Å². The Morgan fingerprint density at radius 2 is 2.00 bits per heavy atom. The van der Waals surface area contributed by atoms with Crippen molar-refractivity contribution < 1.29 is 9.21 Å². The third-order valence-corrected chi connectivity index (χ3v) is 4.41. The molecule has 0 saturated heterocycles. The Labute approximate surface area is 132 Å². The summed E-state index contributed by atoms with van der Waals surface area (Å²) in [6.45, 7) is 1.97. The monoisotopic (exact) mass is 316 g/mol. The van der Waals surface area contributed by atoms with E-state index in [0.717, 1.165) is 21.4 Å². The maximum absolute atomic E-state index is 12.2. The number of Topliss-reactive ketones (excluding diaryl/α,β-unsaturated/α-hetero) is 1. The largest absolute Gasteiger partial charge is 0.453 e. The molecule has 4 heteroatoms. The van der Waals surface area contributed by atoms with Crippen molar-refractivity contribution in [3.05, 3.63) is 64.9 Å². The predicted molar refractivity (Wildman–Crippen MR) is 87.5 cm³/mol. The summed E-state index contributed by atoms with van der Waals surface area (Å²) >= 11 is 7.39. The van der Waals surface area contributed by atoms with Gasteiger partial charge in [0.25, 0.3) is 0 Å². The molecule has 3 rings (SSSR count). The van der Waals surface area contributed by atoms with Gasteiger partial charge in [-0.05, 0) is 36.8 Å². The van der Waals surface area contributed by atoms with Gasteiger partial charge in [-0.1, -0.05) is 35.9 Å². The van der Waals surface area contributed by atoms with Crippen LogP contribution in [0.15, 0.2) is 57.8 Å². The lowest BCUT2D eigenvalue weighted by atomic mass is 10.2. The fourth-order valence-corrected chi connectivity index (χ4v) is 3.20. The van der Waals surface area contributed by atoms with E-state index in [1.54, 1.807) is 0 Å². The second kappa shape index (κ2) is 5.96. The van der Waals surface area contributed by atoms with Crippen LogP contribution in [0, 0.1) is 6.92 Å². The molecule has 0 amide bonds. The molecule has 1 aromatic heterocycles. The lowest BCUT2D eigenvalue weighted by Gasteiger charge is -2.00. The molecule has 0 unspecified atom stereocenters. The molecule has 0 spiro atoms. The number of carbonyl (C=O) groups is 1. The first-order valence-electron chi connectivity index (χ1n) is 6.54. The zero-order valence-corrected chi connectivity index (χ0v) is 13.0. The summed E-state index contributed by atoms with van der Waals surface area (Å²) in [4.78, 5) is 13.2. The van der Waals surface area contributed by atoms with E-state index in [1.165, 1.54) is 11.8 Å². The van der Waals surface area contributed by atoms with Crippen LogP contribution >= 0.6 is 23.4 Å². The molecule has 0 aliphatic heterocycles. The molecule has 106 valence electrons. The molecule has 0 saturated carbocycles. The Balaban J connectivity index is 1.76. The molecular weight excluding hydrogens is 304 g/mol. The Kier molecular flexibility index (Phi) is 4.04. The third kappa shape index (κ3) is 3.14. The normalized spacial score (nSPS) is 11.0. The van der Waals surface area contributed by atoms with Crippen LogP contribution in [0.5, 0.6) is 0 Å². The van der Waals surface area contributed by atoms with Crippen molar-refractivity contribution in [2.75, 3.05) is 5.75 Å². The third-order valence-electron chi connectivity index (χ3n) is 3.18.